The number of methoxy groups -OCH3 is 1. The van der Waals surface area contributed by atoms with E-state index in [1.54, 1.807) is 7.11 Å². The smallest absolute Gasteiger partial charge is 0.121 e. The monoisotopic (exact) mass is 221 g/mol. The van der Waals surface area contributed by atoms with E-state index in [1.807, 2.05) is 6.07 Å². The lowest BCUT2D eigenvalue weighted by Gasteiger charge is -2.40. The van der Waals surface area contributed by atoms with E-state index in [0.717, 1.165) is 25.4 Å². The van der Waals surface area contributed by atoms with Gasteiger partial charge in [-0.05, 0) is 30.5 Å². The second kappa shape index (κ2) is 4.44. The molecule has 1 aliphatic heterocycles. The molecule has 1 aromatic rings. The minimum Gasteiger partial charge on any atom is -0.496 e. The van der Waals surface area contributed by atoms with Crippen molar-refractivity contribution in [1.29, 1.82) is 0 Å². The minimum atomic E-state index is 0.168. The molecule has 0 bridgehead atoms. The van der Waals surface area contributed by atoms with Gasteiger partial charge in [0.05, 0.1) is 20.3 Å². The zero-order valence-electron chi connectivity index (χ0n) is 9.95. The van der Waals surface area contributed by atoms with E-state index in [1.165, 1.54) is 11.1 Å². The van der Waals surface area contributed by atoms with Crippen LogP contribution in [0.3, 0.4) is 0 Å². The summed E-state index contributed by atoms with van der Waals surface area (Å²) in [6.45, 7) is 4.33. The Hall–Kier alpha value is -1.06. The normalized spacial score (nSPS) is 17.9. The van der Waals surface area contributed by atoms with E-state index in [9.17, 15) is 0 Å². The first kappa shape index (κ1) is 11.4. The summed E-state index contributed by atoms with van der Waals surface area (Å²) in [5.41, 5.74) is 8.46. The van der Waals surface area contributed by atoms with E-state index in [-0.39, 0.29) is 5.41 Å². The maximum atomic E-state index is 5.81. The Morgan fingerprint density at radius 2 is 2.19 bits per heavy atom. The van der Waals surface area contributed by atoms with Crippen molar-refractivity contribution >= 4 is 0 Å². The van der Waals surface area contributed by atoms with Crippen LogP contribution in [0.15, 0.2) is 18.2 Å². The molecule has 1 saturated heterocycles. The van der Waals surface area contributed by atoms with Crippen LogP contribution in [0.2, 0.25) is 0 Å². The number of aryl methyl sites for hydroxylation is 1. The largest absolute Gasteiger partial charge is 0.496 e. The third-order valence-corrected chi connectivity index (χ3v) is 3.29. The average molecular weight is 221 g/mol. The predicted octanol–water partition coefficient (Wildman–Crippen LogP) is 1.52. The number of hydrogen-bond acceptors (Lipinski definition) is 3. The molecule has 0 aromatic heterocycles. The SMILES string of the molecule is COc1ccc(CC2(CN)COC2)cc1C. The van der Waals surface area contributed by atoms with Crippen LogP contribution in [0, 0.1) is 12.3 Å². The van der Waals surface area contributed by atoms with Crippen molar-refractivity contribution in [2.45, 2.75) is 13.3 Å². The van der Waals surface area contributed by atoms with Crippen molar-refractivity contribution in [3.05, 3.63) is 29.3 Å². The van der Waals surface area contributed by atoms with E-state index < -0.39 is 0 Å². The van der Waals surface area contributed by atoms with Gasteiger partial charge in [0.2, 0.25) is 0 Å². The van der Waals surface area contributed by atoms with Crippen LogP contribution in [0.25, 0.3) is 0 Å². The van der Waals surface area contributed by atoms with Crippen molar-refractivity contribution in [1.82, 2.24) is 0 Å². The topological polar surface area (TPSA) is 44.5 Å². The summed E-state index contributed by atoms with van der Waals surface area (Å²) in [6.07, 6.45) is 0.994. The lowest BCUT2D eigenvalue weighted by Crippen LogP contribution is -2.49. The zero-order chi connectivity index (χ0) is 11.6. The third kappa shape index (κ3) is 2.06. The molecule has 88 valence electrons. The first-order valence-electron chi connectivity index (χ1n) is 5.60. The summed E-state index contributed by atoms with van der Waals surface area (Å²) in [6, 6.07) is 6.31. The molecule has 0 unspecified atom stereocenters. The van der Waals surface area contributed by atoms with Crippen LogP contribution in [0.4, 0.5) is 0 Å². The van der Waals surface area contributed by atoms with Crippen LogP contribution in [0.1, 0.15) is 11.1 Å². The van der Waals surface area contributed by atoms with Crippen LogP contribution < -0.4 is 10.5 Å². The summed E-state index contributed by atoms with van der Waals surface area (Å²) in [5, 5.41) is 0. The van der Waals surface area contributed by atoms with E-state index in [2.05, 4.69) is 19.1 Å². The highest BCUT2D eigenvalue weighted by atomic mass is 16.5. The van der Waals surface area contributed by atoms with Gasteiger partial charge in [-0.15, -0.1) is 0 Å². The maximum Gasteiger partial charge on any atom is 0.121 e. The molecule has 1 aromatic carbocycles. The first-order valence-corrected chi connectivity index (χ1v) is 5.60. The lowest BCUT2D eigenvalue weighted by molar-refractivity contribution is -0.106. The number of benzene rings is 1. The Morgan fingerprint density at radius 1 is 1.44 bits per heavy atom. The van der Waals surface area contributed by atoms with Gasteiger partial charge in [0.25, 0.3) is 0 Å². The standard InChI is InChI=1S/C13H19NO2/c1-10-5-11(3-4-12(10)15-2)6-13(7-14)8-16-9-13/h3-5H,6-9,14H2,1-2H3. The van der Waals surface area contributed by atoms with Crippen LogP contribution in [0.5, 0.6) is 5.75 Å². The van der Waals surface area contributed by atoms with Crippen molar-refractivity contribution in [3.63, 3.8) is 0 Å². The first-order chi connectivity index (χ1) is 7.69. The molecule has 0 radical (unpaired) electrons. The van der Waals surface area contributed by atoms with E-state index >= 15 is 0 Å². The molecule has 0 saturated carbocycles. The van der Waals surface area contributed by atoms with Gasteiger partial charge in [0, 0.05) is 12.0 Å². The van der Waals surface area contributed by atoms with Gasteiger partial charge >= 0.3 is 0 Å². The fourth-order valence-corrected chi connectivity index (χ4v) is 2.17. The Bertz CT molecular complexity index is 367. The Kier molecular flexibility index (Phi) is 3.17. The van der Waals surface area contributed by atoms with Gasteiger partial charge < -0.3 is 15.2 Å². The van der Waals surface area contributed by atoms with E-state index in [4.69, 9.17) is 15.2 Å². The molecular formula is C13H19NO2. The van der Waals surface area contributed by atoms with Gasteiger partial charge in [-0.3, -0.25) is 0 Å². The molecule has 1 heterocycles. The highest BCUT2D eigenvalue weighted by Gasteiger charge is 2.37. The van der Waals surface area contributed by atoms with Gasteiger partial charge in [-0.25, -0.2) is 0 Å². The summed E-state index contributed by atoms with van der Waals surface area (Å²) in [4.78, 5) is 0. The Labute approximate surface area is 96.5 Å². The molecule has 1 fully saturated rings. The molecule has 0 spiro atoms. The molecule has 2 N–H and O–H groups in total. The molecule has 16 heavy (non-hydrogen) atoms. The van der Waals surface area contributed by atoms with Crippen LogP contribution >= 0.6 is 0 Å². The van der Waals surface area contributed by atoms with Crippen molar-refractivity contribution in [3.8, 4) is 5.75 Å². The fourth-order valence-electron chi connectivity index (χ4n) is 2.17. The van der Waals surface area contributed by atoms with Crippen molar-refractivity contribution < 1.29 is 9.47 Å². The van der Waals surface area contributed by atoms with Gasteiger partial charge in [-0.1, -0.05) is 12.1 Å². The summed E-state index contributed by atoms with van der Waals surface area (Å²) in [7, 11) is 1.70. The van der Waals surface area contributed by atoms with E-state index in [0.29, 0.717) is 6.54 Å². The zero-order valence-corrected chi connectivity index (χ0v) is 9.95. The number of ether oxygens (including phenoxy) is 2. The molecule has 0 amide bonds. The molecule has 3 nitrogen and oxygen atoms in total. The summed E-state index contributed by atoms with van der Waals surface area (Å²) < 4.78 is 10.5. The van der Waals surface area contributed by atoms with Gasteiger partial charge in [0.1, 0.15) is 5.75 Å². The van der Waals surface area contributed by atoms with Gasteiger partial charge in [0.15, 0.2) is 0 Å². The quantitative estimate of drug-likeness (QED) is 0.838. The minimum absolute atomic E-state index is 0.168. The lowest BCUT2D eigenvalue weighted by atomic mass is 9.80. The number of hydrogen-bond donors (Lipinski definition) is 1. The predicted molar refractivity (Wildman–Crippen MR) is 63.7 cm³/mol. The molecule has 0 atom stereocenters. The molecule has 1 aliphatic rings. The second-order valence-corrected chi connectivity index (χ2v) is 4.68. The number of rotatable bonds is 4. The summed E-state index contributed by atoms with van der Waals surface area (Å²) >= 11 is 0. The second-order valence-electron chi connectivity index (χ2n) is 4.68. The van der Waals surface area contributed by atoms with Crippen molar-refractivity contribution in [2.24, 2.45) is 11.1 Å². The average Bonchev–Trinajstić information content (AvgIpc) is 2.24. The fraction of sp³-hybridized carbons (Fsp3) is 0.538. The highest BCUT2D eigenvalue weighted by molar-refractivity contribution is 5.36. The maximum absolute atomic E-state index is 5.81. The Balaban J connectivity index is 2.13. The third-order valence-electron chi connectivity index (χ3n) is 3.29. The van der Waals surface area contributed by atoms with Crippen molar-refractivity contribution in [2.75, 3.05) is 26.9 Å². The summed E-state index contributed by atoms with van der Waals surface area (Å²) in [5.74, 6) is 0.940. The Morgan fingerprint density at radius 3 is 2.62 bits per heavy atom. The van der Waals surface area contributed by atoms with Crippen LogP contribution in [-0.2, 0) is 11.2 Å². The molecule has 3 heteroatoms. The molecule has 0 aliphatic carbocycles. The molecular weight excluding hydrogens is 202 g/mol. The van der Waals surface area contributed by atoms with Crippen LogP contribution in [-0.4, -0.2) is 26.9 Å². The molecule has 2 rings (SSSR count). The number of nitrogens with two attached hydrogens (primary N) is 1. The highest BCUT2D eigenvalue weighted by Crippen LogP contribution is 2.31. The van der Waals surface area contributed by atoms with Gasteiger partial charge in [-0.2, -0.15) is 0 Å².